The van der Waals surface area contributed by atoms with Crippen LogP contribution in [-0.4, -0.2) is 48.0 Å². The molecule has 0 saturated carbocycles. The Kier molecular flexibility index (Phi) is 3.52. The van der Waals surface area contributed by atoms with Crippen molar-refractivity contribution in [2.24, 2.45) is 20.7 Å². The summed E-state index contributed by atoms with van der Waals surface area (Å²) in [6.07, 6.45) is 0. The van der Waals surface area contributed by atoms with Gasteiger partial charge in [-0.05, 0) is 10.4 Å². The minimum atomic E-state index is -4.22. The normalized spacial score (nSPS) is 17.3. The van der Waals surface area contributed by atoms with E-state index in [0.717, 1.165) is 0 Å². The second kappa shape index (κ2) is 3.49. The van der Waals surface area contributed by atoms with E-state index in [2.05, 4.69) is 20.7 Å². The van der Waals surface area contributed by atoms with E-state index in [1.807, 2.05) is 0 Å². The molecule has 0 aliphatic carbocycles. The molecule has 0 unspecified atom stereocenters. The van der Waals surface area contributed by atoms with Gasteiger partial charge in [0.15, 0.2) is 0 Å². The van der Waals surface area contributed by atoms with Crippen LogP contribution in [0.3, 0.4) is 0 Å². The average Bonchev–Trinajstić information content (AvgIpc) is 2.08. The molecule has 0 aromatic rings. The molecule has 1 heterocycles. The van der Waals surface area contributed by atoms with Crippen molar-refractivity contribution >= 4 is 39.7 Å². The van der Waals surface area contributed by atoms with Crippen molar-refractivity contribution in [2.75, 3.05) is 0 Å². The van der Waals surface area contributed by atoms with Gasteiger partial charge in [0, 0.05) is 0 Å². The van der Waals surface area contributed by atoms with Crippen LogP contribution in [0.25, 0.3) is 0 Å². The Morgan fingerprint density at radius 1 is 1.20 bits per heavy atom. The second-order valence-electron chi connectivity index (χ2n) is 1.25. The molecule has 0 spiro atoms. The van der Waals surface area contributed by atoms with Gasteiger partial charge in [0.05, 0.1) is 0 Å². The van der Waals surface area contributed by atoms with Crippen LogP contribution in [0.15, 0.2) is 20.7 Å². The van der Waals surface area contributed by atoms with Crippen molar-refractivity contribution in [1.82, 2.24) is 0 Å². The molecule has 0 amide bonds. The van der Waals surface area contributed by atoms with Gasteiger partial charge in [0.2, 0.25) is 0 Å². The van der Waals surface area contributed by atoms with Gasteiger partial charge in [0.1, 0.15) is 0 Å². The maximum absolute atomic E-state index is 10.1. The third kappa shape index (κ3) is 2.39. The molecule has 0 atom stereocenters. The van der Waals surface area contributed by atoms with Crippen LogP contribution in [-0.2, 0) is 10.1 Å². The summed E-state index contributed by atoms with van der Waals surface area (Å²) in [7, 11) is -4.22. The summed E-state index contributed by atoms with van der Waals surface area (Å²) in [5.74, 6) is 0. The Balaban J connectivity index is 0.000000810. The molecule has 1 N–H and O–H groups in total. The Bertz CT molecular complexity index is 244. The second-order valence-corrected chi connectivity index (χ2v) is 2.70. The van der Waals surface area contributed by atoms with E-state index in [1.54, 1.807) is 0 Å². The van der Waals surface area contributed by atoms with Gasteiger partial charge in [-0.3, -0.25) is 4.55 Å². The number of hydrogen-bond donors (Lipinski definition) is 1. The van der Waals surface area contributed by atoms with Crippen LogP contribution >= 0.6 is 0 Å². The Hall–Kier alpha value is 0.110. The van der Waals surface area contributed by atoms with Crippen molar-refractivity contribution in [3.05, 3.63) is 0 Å². The van der Waals surface area contributed by atoms with E-state index in [0.29, 0.717) is 0 Å². The van der Waals surface area contributed by atoms with E-state index in [1.165, 1.54) is 0 Å². The molecule has 7 nitrogen and oxygen atoms in total. The fourth-order valence-corrected chi connectivity index (χ4v) is 0.599. The number of rotatable bonds is 1. The van der Waals surface area contributed by atoms with Crippen molar-refractivity contribution in [2.45, 2.75) is 5.50 Å². The third-order valence-electron chi connectivity index (χ3n) is 0.607. The summed E-state index contributed by atoms with van der Waals surface area (Å²) in [5, 5.41) is 11.7. The zero-order chi connectivity index (χ0) is 6.91. The van der Waals surface area contributed by atoms with Crippen LogP contribution in [0, 0.1) is 0 Å². The standard InChI is InChI=1S/CH2N4O3S.Na.H/c6-9(7,8)1-2-4-5-3-1;;/h1H,(H,6,7,8);;. The molecule has 1 rings (SSSR count). The zero-order valence-electron chi connectivity index (χ0n) is 4.04. The topological polar surface area (TPSA) is 104 Å². The molecular formula is CH3N4NaO3S. The van der Waals surface area contributed by atoms with Crippen LogP contribution in [0.2, 0.25) is 0 Å². The van der Waals surface area contributed by atoms with E-state index in [-0.39, 0.29) is 29.6 Å². The predicted octanol–water partition coefficient (Wildman–Crippen LogP) is -0.658. The molecule has 1 aliphatic rings. The van der Waals surface area contributed by atoms with Crippen molar-refractivity contribution in [3.63, 3.8) is 0 Å². The maximum atomic E-state index is 10.1. The first-order valence-corrected chi connectivity index (χ1v) is 3.37. The first-order valence-electron chi connectivity index (χ1n) is 1.87. The van der Waals surface area contributed by atoms with Gasteiger partial charge in [-0.2, -0.15) is 8.42 Å². The Morgan fingerprint density at radius 3 is 1.80 bits per heavy atom. The van der Waals surface area contributed by atoms with Crippen molar-refractivity contribution in [1.29, 1.82) is 0 Å². The summed E-state index contributed by atoms with van der Waals surface area (Å²) >= 11 is 0. The van der Waals surface area contributed by atoms with Crippen LogP contribution < -0.4 is 0 Å². The molecule has 0 radical (unpaired) electrons. The minimum absolute atomic E-state index is 0. The Morgan fingerprint density at radius 2 is 1.60 bits per heavy atom. The monoisotopic (exact) mass is 174 g/mol. The van der Waals surface area contributed by atoms with Gasteiger partial charge in [-0.25, -0.2) is 0 Å². The van der Waals surface area contributed by atoms with Crippen LogP contribution in [0.1, 0.15) is 0 Å². The molecule has 9 heteroatoms. The van der Waals surface area contributed by atoms with Gasteiger partial charge in [0.25, 0.3) is 0 Å². The van der Waals surface area contributed by atoms with Gasteiger partial charge >= 0.3 is 45.2 Å². The SMILES string of the molecule is O=S(=O)(O)C1N=NN=N1.[NaH]. The summed E-state index contributed by atoms with van der Waals surface area (Å²) in [5.41, 5.74) is -1.54. The summed E-state index contributed by atoms with van der Waals surface area (Å²) in [6, 6.07) is 0. The molecule has 1 aliphatic heterocycles. The van der Waals surface area contributed by atoms with E-state index >= 15 is 0 Å². The third-order valence-corrected chi connectivity index (χ3v) is 1.33. The summed E-state index contributed by atoms with van der Waals surface area (Å²) in [4.78, 5) is 0. The molecule has 0 bridgehead atoms. The van der Waals surface area contributed by atoms with Gasteiger partial charge < -0.3 is 0 Å². The molecule has 0 saturated heterocycles. The molecule has 0 aromatic heterocycles. The molecule has 0 fully saturated rings. The zero-order valence-corrected chi connectivity index (χ0v) is 4.85. The van der Waals surface area contributed by atoms with Crippen molar-refractivity contribution < 1.29 is 13.0 Å². The fraction of sp³-hybridized carbons (Fsp3) is 1.00. The van der Waals surface area contributed by atoms with Crippen LogP contribution in [0.5, 0.6) is 0 Å². The Labute approximate surface area is 78.6 Å². The summed E-state index contributed by atoms with van der Waals surface area (Å²) < 4.78 is 28.3. The van der Waals surface area contributed by atoms with Crippen LogP contribution in [0.4, 0.5) is 0 Å². The molecule has 10 heavy (non-hydrogen) atoms. The first-order chi connectivity index (χ1) is 4.11. The van der Waals surface area contributed by atoms with E-state index in [9.17, 15) is 8.42 Å². The number of hydrogen-bond acceptors (Lipinski definition) is 6. The van der Waals surface area contributed by atoms with Gasteiger partial charge in [-0.1, -0.05) is 0 Å². The molecule has 52 valence electrons. The first kappa shape index (κ1) is 10.1. The van der Waals surface area contributed by atoms with E-state index < -0.39 is 15.6 Å². The van der Waals surface area contributed by atoms with Gasteiger partial charge in [-0.15, -0.1) is 10.2 Å². The summed E-state index contributed by atoms with van der Waals surface area (Å²) in [6.45, 7) is 0. The molecular weight excluding hydrogens is 171 g/mol. The number of nitrogens with zero attached hydrogens (tertiary/aromatic N) is 4. The quantitative estimate of drug-likeness (QED) is 0.421. The average molecular weight is 174 g/mol. The predicted molar refractivity (Wildman–Crippen MR) is 32.2 cm³/mol. The van der Waals surface area contributed by atoms with Crippen molar-refractivity contribution in [3.8, 4) is 0 Å². The van der Waals surface area contributed by atoms with E-state index in [4.69, 9.17) is 4.55 Å². The molecule has 0 aromatic carbocycles. The fourth-order valence-electron chi connectivity index (χ4n) is 0.277.